The lowest BCUT2D eigenvalue weighted by Crippen LogP contribution is -2.37. The predicted octanol–water partition coefficient (Wildman–Crippen LogP) is 4.39. The molecule has 33 heavy (non-hydrogen) atoms. The fourth-order valence-corrected chi connectivity index (χ4v) is 5.50. The molecule has 2 aliphatic rings. The van der Waals surface area contributed by atoms with Crippen LogP contribution in [0.5, 0.6) is 0 Å². The summed E-state index contributed by atoms with van der Waals surface area (Å²) in [6, 6.07) is 10.8. The molecular formula is C25H25N3O4S. The maximum absolute atomic E-state index is 13.6. The Bertz CT molecular complexity index is 1190. The number of fused-ring (bicyclic) bond motifs is 1. The molecule has 1 aromatic heterocycles. The molecule has 1 unspecified atom stereocenters. The average Bonchev–Trinajstić information content (AvgIpc) is 3.55. The number of carbonyl (C=O) groups is 3. The standard InChI is InChI=1S/C25H25N3O4S/c1-15-5-6-16(2)23-22(15)26-25(33-23)27(14-19-4-3-13-32-19)24(31)17-7-9-18(10-8-17)28-20(29)11-12-21(28)30/h5-10,19H,3-4,11-14H2,1-2H3. The molecule has 2 fully saturated rings. The Balaban J connectivity index is 1.48. The number of aryl methyl sites for hydroxylation is 2. The van der Waals surface area contributed by atoms with E-state index in [0.29, 0.717) is 29.5 Å². The highest BCUT2D eigenvalue weighted by molar-refractivity contribution is 7.22. The maximum atomic E-state index is 13.6. The molecule has 7 nitrogen and oxygen atoms in total. The second-order valence-electron chi connectivity index (χ2n) is 8.59. The van der Waals surface area contributed by atoms with Gasteiger partial charge in [0.15, 0.2) is 5.13 Å². The van der Waals surface area contributed by atoms with Crippen molar-refractivity contribution in [3.8, 4) is 0 Å². The van der Waals surface area contributed by atoms with Crippen molar-refractivity contribution >= 4 is 50.1 Å². The highest BCUT2D eigenvalue weighted by Crippen LogP contribution is 2.34. The number of amides is 3. The zero-order chi connectivity index (χ0) is 23.1. The van der Waals surface area contributed by atoms with Crippen LogP contribution in [-0.4, -0.2) is 42.0 Å². The van der Waals surface area contributed by atoms with Crippen molar-refractivity contribution in [1.29, 1.82) is 0 Å². The molecule has 0 radical (unpaired) electrons. The van der Waals surface area contributed by atoms with E-state index >= 15 is 0 Å². The predicted molar refractivity (Wildman–Crippen MR) is 128 cm³/mol. The number of ether oxygens (including phenoxy) is 1. The van der Waals surface area contributed by atoms with Crippen molar-refractivity contribution in [3.63, 3.8) is 0 Å². The van der Waals surface area contributed by atoms with Gasteiger partial charge >= 0.3 is 0 Å². The zero-order valence-corrected chi connectivity index (χ0v) is 19.5. The first-order valence-electron chi connectivity index (χ1n) is 11.2. The molecule has 3 amide bonds. The summed E-state index contributed by atoms with van der Waals surface area (Å²) in [7, 11) is 0. The molecule has 0 aliphatic carbocycles. The summed E-state index contributed by atoms with van der Waals surface area (Å²) in [5.41, 5.74) is 4.10. The van der Waals surface area contributed by atoms with E-state index in [-0.39, 0.29) is 36.7 Å². The van der Waals surface area contributed by atoms with Gasteiger partial charge in [-0.15, -0.1) is 0 Å². The van der Waals surface area contributed by atoms with Gasteiger partial charge in [-0.25, -0.2) is 4.98 Å². The Kier molecular flexibility index (Phi) is 5.72. The molecule has 3 aromatic rings. The van der Waals surface area contributed by atoms with Crippen molar-refractivity contribution in [2.45, 2.75) is 45.6 Å². The van der Waals surface area contributed by atoms with Gasteiger partial charge in [0.25, 0.3) is 5.91 Å². The maximum Gasteiger partial charge on any atom is 0.260 e. The highest BCUT2D eigenvalue weighted by Gasteiger charge is 2.31. The summed E-state index contributed by atoms with van der Waals surface area (Å²) in [5.74, 6) is -0.593. The Morgan fingerprint density at radius 2 is 1.79 bits per heavy atom. The fourth-order valence-electron chi connectivity index (χ4n) is 4.38. The number of benzene rings is 2. The van der Waals surface area contributed by atoms with Crippen LogP contribution in [0.2, 0.25) is 0 Å². The summed E-state index contributed by atoms with van der Waals surface area (Å²) in [6.45, 7) is 5.21. The van der Waals surface area contributed by atoms with Gasteiger partial charge < -0.3 is 4.74 Å². The van der Waals surface area contributed by atoms with E-state index in [4.69, 9.17) is 9.72 Å². The SMILES string of the molecule is Cc1ccc(C)c2sc(N(CC3CCCO3)C(=O)c3ccc(N4C(=O)CCC4=O)cc3)nc12. The number of rotatable bonds is 5. The van der Waals surface area contributed by atoms with Gasteiger partial charge in [0, 0.05) is 25.0 Å². The van der Waals surface area contributed by atoms with E-state index < -0.39 is 0 Å². The number of carbonyl (C=O) groups excluding carboxylic acids is 3. The van der Waals surface area contributed by atoms with Gasteiger partial charge in [-0.1, -0.05) is 23.5 Å². The van der Waals surface area contributed by atoms with Crippen LogP contribution in [-0.2, 0) is 14.3 Å². The van der Waals surface area contributed by atoms with Crippen LogP contribution in [0.3, 0.4) is 0 Å². The normalized spacial score (nSPS) is 18.5. The Hall–Kier alpha value is -3.10. The Morgan fingerprint density at radius 1 is 1.09 bits per heavy atom. The third kappa shape index (κ3) is 4.05. The van der Waals surface area contributed by atoms with Crippen molar-refractivity contribution in [3.05, 3.63) is 53.1 Å². The van der Waals surface area contributed by atoms with E-state index in [1.165, 1.54) is 16.2 Å². The molecule has 0 saturated carbocycles. The number of anilines is 2. The summed E-state index contributed by atoms with van der Waals surface area (Å²) in [4.78, 5) is 45.4. The first kappa shape index (κ1) is 21.7. The largest absolute Gasteiger partial charge is 0.376 e. The molecule has 1 atom stereocenters. The molecular weight excluding hydrogens is 438 g/mol. The second kappa shape index (κ2) is 8.68. The second-order valence-corrected chi connectivity index (χ2v) is 9.57. The van der Waals surface area contributed by atoms with Gasteiger partial charge in [-0.05, 0) is 62.1 Å². The molecule has 170 valence electrons. The summed E-state index contributed by atoms with van der Waals surface area (Å²) in [5, 5.41) is 0.650. The van der Waals surface area contributed by atoms with Crippen LogP contribution >= 0.6 is 11.3 Å². The monoisotopic (exact) mass is 463 g/mol. The summed E-state index contributed by atoms with van der Waals surface area (Å²) in [6.07, 6.45) is 2.32. The zero-order valence-electron chi connectivity index (χ0n) is 18.7. The van der Waals surface area contributed by atoms with Crippen molar-refractivity contribution < 1.29 is 19.1 Å². The minimum atomic E-state index is -0.209. The third-order valence-corrected chi connectivity index (χ3v) is 7.45. The Labute approximate surface area is 196 Å². The Morgan fingerprint density at radius 3 is 2.42 bits per heavy atom. The minimum Gasteiger partial charge on any atom is -0.376 e. The van der Waals surface area contributed by atoms with Gasteiger partial charge in [0.2, 0.25) is 11.8 Å². The fraction of sp³-hybridized carbons (Fsp3) is 0.360. The van der Waals surface area contributed by atoms with Crippen LogP contribution in [0, 0.1) is 13.8 Å². The number of nitrogens with zero attached hydrogens (tertiary/aromatic N) is 3. The molecule has 2 aromatic carbocycles. The number of imide groups is 1. The molecule has 0 N–H and O–H groups in total. The number of hydrogen-bond donors (Lipinski definition) is 0. The molecule has 5 rings (SSSR count). The molecule has 0 bridgehead atoms. The smallest absolute Gasteiger partial charge is 0.260 e. The minimum absolute atomic E-state index is 0.0257. The lowest BCUT2D eigenvalue weighted by molar-refractivity contribution is -0.121. The van der Waals surface area contributed by atoms with Crippen LogP contribution in [0.15, 0.2) is 36.4 Å². The van der Waals surface area contributed by atoms with Crippen molar-refractivity contribution in [2.75, 3.05) is 23.0 Å². The molecule has 2 saturated heterocycles. The number of aromatic nitrogens is 1. The van der Waals surface area contributed by atoms with E-state index in [0.717, 1.165) is 34.2 Å². The van der Waals surface area contributed by atoms with Crippen LogP contribution in [0.1, 0.15) is 47.2 Å². The number of thiazole rings is 1. The first-order chi connectivity index (χ1) is 15.9. The average molecular weight is 464 g/mol. The summed E-state index contributed by atoms with van der Waals surface area (Å²) >= 11 is 1.52. The van der Waals surface area contributed by atoms with Gasteiger partial charge in [-0.2, -0.15) is 0 Å². The lowest BCUT2D eigenvalue weighted by Gasteiger charge is -2.23. The van der Waals surface area contributed by atoms with Gasteiger partial charge in [-0.3, -0.25) is 24.2 Å². The van der Waals surface area contributed by atoms with Crippen molar-refractivity contribution in [2.24, 2.45) is 0 Å². The third-order valence-electron chi connectivity index (χ3n) is 6.24. The number of hydrogen-bond acceptors (Lipinski definition) is 6. The van der Waals surface area contributed by atoms with Gasteiger partial charge in [0.1, 0.15) is 0 Å². The summed E-state index contributed by atoms with van der Waals surface area (Å²) < 4.78 is 6.90. The van der Waals surface area contributed by atoms with Crippen molar-refractivity contribution in [1.82, 2.24) is 4.98 Å². The topological polar surface area (TPSA) is 79.8 Å². The highest BCUT2D eigenvalue weighted by atomic mass is 32.1. The molecule has 2 aliphatic heterocycles. The molecule has 3 heterocycles. The quantitative estimate of drug-likeness (QED) is 0.524. The molecule has 8 heteroatoms. The lowest BCUT2D eigenvalue weighted by atomic mass is 10.1. The first-order valence-corrected chi connectivity index (χ1v) is 12.0. The van der Waals surface area contributed by atoms with Crippen LogP contribution < -0.4 is 9.80 Å². The van der Waals surface area contributed by atoms with E-state index in [1.54, 1.807) is 29.2 Å². The van der Waals surface area contributed by atoms with E-state index in [2.05, 4.69) is 13.0 Å². The van der Waals surface area contributed by atoms with Crippen LogP contribution in [0.25, 0.3) is 10.2 Å². The molecule has 0 spiro atoms. The van der Waals surface area contributed by atoms with E-state index in [9.17, 15) is 14.4 Å². The van der Waals surface area contributed by atoms with Gasteiger partial charge in [0.05, 0.1) is 28.6 Å². The van der Waals surface area contributed by atoms with E-state index in [1.807, 2.05) is 13.0 Å². The van der Waals surface area contributed by atoms with Crippen LogP contribution in [0.4, 0.5) is 10.8 Å².